The molecule has 0 bridgehead atoms. The minimum atomic E-state index is 0.247. The van der Waals surface area contributed by atoms with Crippen LogP contribution < -0.4 is 0 Å². The number of rotatable bonds is 4. The van der Waals surface area contributed by atoms with Gasteiger partial charge in [0.2, 0.25) is 5.95 Å². The van der Waals surface area contributed by atoms with Gasteiger partial charge in [0.15, 0.2) is 11.6 Å². The highest BCUT2D eigenvalue weighted by molar-refractivity contribution is 6.10. The van der Waals surface area contributed by atoms with E-state index in [1.165, 1.54) is 52.3 Å². The van der Waals surface area contributed by atoms with Gasteiger partial charge in [-0.15, -0.1) is 0 Å². The highest BCUT2D eigenvalue weighted by atomic mass is 15.2. The van der Waals surface area contributed by atoms with Crippen LogP contribution in [0.1, 0.15) is 30.4 Å². The van der Waals surface area contributed by atoms with E-state index in [-0.39, 0.29) is 5.41 Å². The maximum Gasteiger partial charge on any atom is 0.238 e. The summed E-state index contributed by atoms with van der Waals surface area (Å²) in [6.45, 7) is 0. The lowest BCUT2D eigenvalue weighted by molar-refractivity contribution is -0.412. The van der Waals surface area contributed by atoms with E-state index in [0.29, 0.717) is 23.0 Å². The van der Waals surface area contributed by atoms with Gasteiger partial charge >= 0.3 is 0 Å². The Labute approximate surface area is 301 Å². The number of para-hydroxylation sites is 1. The summed E-state index contributed by atoms with van der Waals surface area (Å²) < 4.78 is 2.21. The monoisotopic (exact) mass is 666 g/mol. The Kier molecular flexibility index (Phi) is 5.09. The van der Waals surface area contributed by atoms with Crippen LogP contribution in [0.5, 0.6) is 0 Å². The first-order valence-corrected chi connectivity index (χ1v) is 18.9. The van der Waals surface area contributed by atoms with Crippen molar-refractivity contribution in [2.24, 2.45) is 29.1 Å². The Morgan fingerprint density at radius 2 is 1.06 bits per heavy atom. The number of aromatic nitrogens is 4. The van der Waals surface area contributed by atoms with Crippen LogP contribution in [0.15, 0.2) is 146 Å². The second-order valence-electron chi connectivity index (χ2n) is 16.0. The molecule has 0 amide bonds. The van der Waals surface area contributed by atoms with Crippen LogP contribution in [0.25, 0.3) is 72.8 Å². The number of benzene rings is 6. The molecule has 0 aliphatic heterocycles. The van der Waals surface area contributed by atoms with Crippen molar-refractivity contribution in [2.45, 2.75) is 24.7 Å². The van der Waals surface area contributed by atoms with Crippen LogP contribution in [-0.4, -0.2) is 19.5 Å². The molecule has 4 saturated carbocycles. The SMILES string of the molecule is c1ccc(-c2nc(-c3ccccc3)nc(-n3c4ccccc4c4cc(-c5ccc6c(c5)-c5ccccc5C65C6CC7CC8CC5C786)ccc43)n2)cc1. The minimum Gasteiger partial charge on any atom is -0.278 e. The highest BCUT2D eigenvalue weighted by Crippen LogP contribution is 2.94. The molecule has 8 aromatic rings. The van der Waals surface area contributed by atoms with Crippen molar-refractivity contribution >= 4 is 21.8 Å². The maximum absolute atomic E-state index is 5.12. The largest absolute Gasteiger partial charge is 0.278 e. The van der Waals surface area contributed by atoms with Crippen LogP contribution in [0.3, 0.4) is 0 Å². The Hall–Kier alpha value is -5.87. The Balaban J connectivity index is 0.975. The van der Waals surface area contributed by atoms with Gasteiger partial charge in [-0.05, 0) is 106 Å². The average Bonchev–Trinajstić information content (AvgIpc) is 3.67. The average molecular weight is 667 g/mol. The standard InChI is InChI=1S/C48H34N4/c1-3-11-28(12-4-1)44-49-45(29-13-5-2-6-14-29)51-46(50-44)52-40-18-10-8-16-35(40)37-24-31(20-22-41(37)52)30-19-21-39-36(23-30)34-15-7-9-17-38(34)48(39)42-26-32-25-33-27-43(48)47(32,33)42/h1-24,32-33,42-43H,25-27H2. The number of nitrogens with zero attached hydrogens (tertiary/aromatic N) is 4. The van der Waals surface area contributed by atoms with Gasteiger partial charge in [-0.3, -0.25) is 4.57 Å². The van der Waals surface area contributed by atoms with Crippen molar-refractivity contribution < 1.29 is 0 Å². The number of hydrogen-bond acceptors (Lipinski definition) is 3. The molecule has 52 heavy (non-hydrogen) atoms. The summed E-state index contributed by atoms with van der Waals surface area (Å²) in [5.41, 5.74) is 13.7. The minimum absolute atomic E-state index is 0.247. The maximum atomic E-state index is 5.12. The van der Waals surface area contributed by atoms with Crippen molar-refractivity contribution in [1.82, 2.24) is 19.5 Å². The fourth-order valence-corrected chi connectivity index (χ4v) is 12.4. The zero-order chi connectivity index (χ0) is 33.8. The number of fused-ring (bicyclic) bond motifs is 10. The molecule has 5 aliphatic rings. The van der Waals surface area contributed by atoms with E-state index >= 15 is 0 Å². The van der Waals surface area contributed by atoms with Crippen molar-refractivity contribution in [3.8, 4) is 51.0 Å². The van der Waals surface area contributed by atoms with Gasteiger partial charge in [-0.2, -0.15) is 9.97 Å². The summed E-state index contributed by atoms with van der Waals surface area (Å²) >= 11 is 0. The third kappa shape index (κ3) is 3.12. The normalized spacial score (nSPS) is 26.8. The Morgan fingerprint density at radius 3 is 1.79 bits per heavy atom. The summed E-state index contributed by atoms with van der Waals surface area (Å²) in [5.74, 6) is 5.66. The number of hydrogen-bond donors (Lipinski definition) is 0. The third-order valence-electron chi connectivity index (χ3n) is 14.4. The second kappa shape index (κ2) is 9.51. The van der Waals surface area contributed by atoms with Crippen LogP contribution in [0, 0.1) is 29.1 Å². The molecule has 2 heterocycles. The highest BCUT2D eigenvalue weighted by Gasteiger charge is 2.90. The third-order valence-corrected chi connectivity index (χ3v) is 14.4. The van der Waals surface area contributed by atoms with Gasteiger partial charge in [0, 0.05) is 27.3 Å². The van der Waals surface area contributed by atoms with Gasteiger partial charge < -0.3 is 0 Å². The summed E-state index contributed by atoms with van der Waals surface area (Å²) in [4.78, 5) is 15.2. The lowest BCUT2D eigenvalue weighted by atomic mass is 9.11. The summed E-state index contributed by atoms with van der Waals surface area (Å²) in [5, 5.41) is 2.38. The van der Waals surface area contributed by atoms with Gasteiger partial charge in [0.25, 0.3) is 0 Å². The molecule has 246 valence electrons. The molecule has 0 saturated heterocycles. The second-order valence-corrected chi connectivity index (χ2v) is 16.0. The lowest BCUT2D eigenvalue weighted by Crippen LogP contribution is -2.88. The first-order valence-electron chi connectivity index (χ1n) is 18.9. The summed E-state index contributed by atoms with van der Waals surface area (Å²) in [6, 6.07) is 52.8. The molecule has 4 nitrogen and oxygen atoms in total. The molecule has 5 aliphatic carbocycles. The van der Waals surface area contributed by atoms with E-state index in [0.717, 1.165) is 45.8 Å². The molecule has 0 N–H and O–H groups in total. The molecule has 2 spiro atoms. The fraction of sp³-hybridized carbons (Fsp3) is 0.188. The fourth-order valence-electron chi connectivity index (χ4n) is 12.4. The van der Waals surface area contributed by atoms with E-state index in [9.17, 15) is 0 Å². The molecule has 4 atom stereocenters. The topological polar surface area (TPSA) is 43.6 Å². The zero-order valence-electron chi connectivity index (χ0n) is 28.6. The van der Waals surface area contributed by atoms with E-state index < -0.39 is 0 Å². The summed E-state index contributed by atoms with van der Waals surface area (Å²) in [6.07, 6.45) is 4.37. The Morgan fingerprint density at radius 1 is 0.462 bits per heavy atom. The summed E-state index contributed by atoms with van der Waals surface area (Å²) in [7, 11) is 0. The molecule has 13 rings (SSSR count). The van der Waals surface area contributed by atoms with E-state index in [1.54, 1.807) is 11.1 Å². The smallest absolute Gasteiger partial charge is 0.238 e. The zero-order valence-corrected chi connectivity index (χ0v) is 28.6. The predicted molar refractivity (Wildman–Crippen MR) is 207 cm³/mol. The van der Waals surface area contributed by atoms with Gasteiger partial charge in [-0.25, -0.2) is 4.98 Å². The molecule has 2 aromatic heterocycles. The van der Waals surface area contributed by atoms with Crippen molar-refractivity contribution in [1.29, 1.82) is 0 Å². The van der Waals surface area contributed by atoms with E-state index in [1.807, 2.05) is 36.4 Å². The Bertz CT molecular complexity index is 2740. The van der Waals surface area contributed by atoms with Crippen LogP contribution in [-0.2, 0) is 5.41 Å². The lowest BCUT2D eigenvalue weighted by Gasteiger charge is -2.92. The first kappa shape index (κ1) is 27.8. The van der Waals surface area contributed by atoms with Crippen molar-refractivity contribution in [3.63, 3.8) is 0 Å². The van der Waals surface area contributed by atoms with E-state index in [4.69, 9.17) is 15.0 Å². The molecule has 6 aromatic carbocycles. The molecular weight excluding hydrogens is 633 g/mol. The van der Waals surface area contributed by atoms with Crippen LogP contribution >= 0.6 is 0 Å². The van der Waals surface area contributed by atoms with E-state index in [2.05, 4.69) is 114 Å². The van der Waals surface area contributed by atoms with Crippen LogP contribution in [0.2, 0.25) is 0 Å². The molecule has 4 heteroatoms. The molecular formula is C48H34N4. The van der Waals surface area contributed by atoms with Crippen molar-refractivity contribution in [3.05, 3.63) is 157 Å². The first-order chi connectivity index (χ1) is 25.7. The van der Waals surface area contributed by atoms with Crippen LogP contribution in [0.4, 0.5) is 0 Å². The van der Waals surface area contributed by atoms with Gasteiger partial charge in [0.05, 0.1) is 11.0 Å². The predicted octanol–water partition coefficient (Wildman–Crippen LogP) is 10.9. The molecule has 4 fully saturated rings. The molecule has 0 radical (unpaired) electrons. The van der Waals surface area contributed by atoms with Crippen molar-refractivity contribution in [2.75, 3.05) is 0 Å². The van der Waals surface area contributed by atoms with Gasteiger partial charge in [-0.1, -0.05) is 121 Å². The quantitative estimate of drug-likeness (QED) is 0.188. The van der Waals surface area contributed by atoms with Gasteiger partial charge in [0.1, 0.15) is 0 Å². The molecule has 4 unspecified atom stereocenters.